The van der Waals surface area contributed by atoms with Gasteiger partial charge in [0.15, 0.2) is 11.5 Å². The molecular formula is C19H15BrO2S. The third-order valence-electron chi connectivity index (χ3n) is 3.99. The van der Waals surface area contributed by atoms with Crippen molar-refractivity contribution in [3.05, 3.63) is 69.0 Å². The summed E-state index contributed by atoms with van der Waals surface area (Å²) in [6.45, 7) is 2.48. The molecule has 0 saturated carbocycles. The second kappa shape index (κ2) is 6.02. The van der Waals surface area contributed by atoms with E-state index in [2.05, 4.69) is 65.3 Å². The summed E-state index contributed by atoms with van der Waals surface area (Å²) in [7, 11) is 0. The number of fused-ring (bicyclic) bond motifs is 1. The van der Waals surface area contributed by atoms with Crippen LogP contribution in [0.5, 0.6) is 11.5 Å². The molecule has 0 unspecified atom stereocenters. The van der Waals surface area contributed by atoms with Crippen LogP contribution in [0.15, 0.2) is 53.0 Å². The molecule has 2 aromatic carbocycles. The van der Waals surface area contributed by atoms with E-state index in [1.165, 1.54) is 26.4 Å². The Morgan fingerprint density at radius 2 is 1.87 bits per heavy atom. The topological polar surface area (TPSA) is 18.5 Å². The van der Waals surface area contributed by atoms with Gasteiger partial charge in [-0.05, 0) is 66.1 Å². The highest BCUT2D eigenvalue weighted by Gasteiger charge is 2.14. The highest BCUT2D eigenvalue weighted by Crippen LogP contribution is 2.38. The fourth-order valence-electron chi connectivity index (χ4n) is 2.70. The van der Waals surface area contributed by atoms with Crippen molar-refractivity contribution in [3.8, 4) is 21.9 Å². The molecule has 0 spiro atoms. The molecule has 1 aliphatic heterocycles. The van der Waals surface area contributed by atoms with E-state index in [1.807, 2.05) is 17.4 Å². The van der Waals surface area contributed by atoms with Crippen LogP contribution in [0.4, 0.5) is 0 Å². The Morgan fingerprint density at radius 3 is 2.78 bits per heavy atom. The summed E-state index contributed by atoms with van der Waals surface area (Å²) in [5.41, 5.74) is 3.86. The van der Waals surface area contributed by atoms with Gasteiger partial charge in [-0.15, -0.1) is 11.3 Å². The highest BCUT2D eigenvalue weighted by molar-refractivity contribution is 9.10. The number of benzene rings is 2. The predicted molar refractivity (Wildman–Crippen MR) is 97.6 cm³/mol. The number of rotatable bonds is 3. The Balaban J connectivity index is 1.60. The van der Waals surface area contributed by atoms with Gasteiger partial charge in [-0.3, -0.25) is 0 Å². The molecule has 0 aliphatic carbocycles. The van der Waals surface area contributed by atoms with Crippen molar-refractivity contribution in [2.24, 2.45) is 0 Å². The molecule has 0 amide bonds. The average Bonchev–Trinajstić information content (AvgIpc) is 3.19. The monoisotopic (exact) mass is 386 g/mol. The van der Waals surface area contributed by atoms with Gasteiger partial charge in [0.05, 0.1) is 0 Å². The van der Waals surface area contributed by atoms with Crippen molar-refractivity contribution in [1.82, 2.24) is 0 Å². The maximum Gasteiger partial charge on any atom is 0.231 e. The quantitative estimate of drug-likeness (QED) is 0.565. The Kier molecular flexibility index (Phi) is 3.87. The van der Waals surface area contributed by atoms with E-state index in [9.17, 15) is 0 Å². The second-order valence-corrected chi connectivity index (χ2v) is 7.67. The third kappa shape index (κ3) is 3.01. The van der Waals surface area contributed by atoms with Crippen molar-refractivity contribution in [1.29, 1.82) is 0 Å². The minimum atomic E-state index is 0.316. The molecule has 0 fully saturated rings. The first-order valence-corrected chi connectivity index (χ1v) is 9.04. The molecule has 0 radical (unpaired) electrons. The molecule has 4 heteroatoms. The van der Waals surface area contributed by atoms with Crippen LogP contribution in [0.25, 0.3) is 10.4 Å². The van der Waals surface area contributed by atoms with Gasteiger partial charge in [0.1, 0.15) is 0 Å². The lowest BCUT2D eigenvalue weighted by molar-refractivity contribution is 0.174. The standard InChI is InChI=1S/C19H15BrO2S/c1-12-2-4-15(20)8-14(12)9-16-5-7-19(23-16)13-3-6-17-18(10-13)22-11-21-17/h2-8,10H,9,11H2,1H3. The summed E-state index contributed by atoms with van der Waals surface area (Å²) >= 11 is 5.39. The van der Waals surface area contributed by atoms with Crippen LogP contribution < -0.4 is 9.47 Å². The summed E-state index contributed by atoms with van der Waals surface area (Å²) in [6.07, 6.45) is 0.959. The molecule has 23 heavy (non-hydrogen) atoms. The van der Waals surface area contributed by atoms with Crippen molar-refractivity contribution in [2.75, 3.05) is 6.79 Å². The molecule has 116 valence electrons. The zero-order valence-corrected chi connectivity index (χ0v) is 15.0. The van der Waals surface area contributed by atoms with Crippen molar-refractivity contribution >= 4 is 27.3 Å². The SMILES string of the molecule is Cc1ccc(Br)cc1Cc1ccc(-c2ccc3c(c2)OCO3)s1. The Morgan fingerprint density at radius 1 is 1.00 bits per heavy atom. The summed E-state index contributed by atoms with van der Waals surface area (Å²) in [6, 6.07) is 17.0. The molecule has 0 N–H and O–H groups in total. The normalized spacial score (nSPS) is 12.6. The van der Waals surface area contributed by atoms with E-state index < -0.39 is 0 Å². The predicted octanol–water partition coefficient (Wildman–Crippen LogP) is 5.81. The van der Waals surface area contributed by atoms with Gasteiger partial charge in [0.2, 0.25) is 6.79 Å². The van der Waals surface area contributed by atoms with Crippen LogP contribution in [0, 0.1) is 6.92 Å². The van der Waals surface area contributed by atoms with Crippen molar-refractivity contribution in [3.63, 3.8) is 0 Å². The average molecular weight is 387 g/mol. The van der Waals surface area contributed by atoms with Gasteiger partial charge in [0, 0.05) is 20.6 Å². The maximum absolute atomic E-state index is 5.47. The third-order valence-corrected chi connectivity index (χ3v) is 5.62. The molecule has 2 nitrogen and oxygen atoms in total. The zero-order valence-electron chi connectivity index (χ0n) is 12.6. The lowest BCUT2D eigenvalue weighted by atomic mass is 10.1. The van der Waals surface area contributed by atoms with E-state index >= 15 is 0 Å². The van der Waals surface area contributed by atoms with Crippen LogP contribution in [0.3, 0.4) is 0 Å². The smallest absolute Gasteiger partial charge is 0.231 e. The number of ether oxygens (including phenoxy) is 2. The largest absolute Gasteiger partial charge is 0.454 e. The molecule has 3 aromatic rings. The number of thiophene rings is 1. The Labute approximate surface area is 147 Å². The first-order valence-electron chi connectivity index (χ1n) is 7.43. The molecular weight excluding hydrogens is 372 g/mol. The summed E-state index contributed by atoms with van der Waals surface area (Å²) in [4.78, 5) is 2.62. The molecule has 1 aliphatic rings. The Hall–Kier alpha value is -1.78. The summed E-state index contributed by atoms with van der Waals surface area (Å²) in [5.74, 6) is 1.66. The number of hydrogen-bond acceptors (Lipinski definition) is 3. The van der Waals surface area contributed by atoms with E-state index in [0.29, 0.717) is 6.79 Å². The fourth-order valence-corrected chi connectivity index (χ4v) is 4.13. The van der Waals surface area contributed by atoms with Gasteiger partial charge < -0.3 is 9.47 Å². The first kappa shape index (κ1) is 14.8. The minimum Gasteiger partial charge on any atom is -0.454 e. The van der Waals surface area contributed by atoms with Gasteiger partial charge in [-0.2, -0.15) is 0 Å². The van der Waals surface area contributed by atoms with Gasteiger partial charge in [-0.25, -0.2) is 0 Å². The van der Waals surface area contributed by atoms with Crippen LogP contribution in [-0.4, -0.2) is 6.79 Å². The number of halogens is 1. The van der Waals surface area contributed by atoms with E-state index in [1.54, 1.807) is 0 Å². The lowest BCUT2D eigenvalue weighted by Gasteiger charge is -2.05. The lowest BCUT2D eigenvalue weighted by Crippen LogP contribution is -1.92. The van der Waals surface area contributed by atoms with E-state index in [4.69, 9.17) is 9.47 Å². The first-order chi connectivity index (χ1) is 11.2. The molecule has 1 aromatic heterocycles. The van der Waals surface area contributed by atoms with Crippen molar-refractivity contribution < 1.29 is 9.47 Å². The summed E-state index contributed by atoms with van der Waals surface area (Å²) < 4.78 is 12.0. The molecule has 4 rings (SSSR count). The van der Waals surface area contributed by atoms with Crippen LogP contribution in [0.1, 0.15) is 16.0 Å². The highest BCUT2D eigenvalue weighted by atomic mass is 79.9. The fraction of sp³-hybridized carbons (Fsp3) is 0.158. The van der Waals surface area contributed by atoms with Gasteiger partial charge in [0.25, 0.3) is 0 Å². The molecule has 0 bridgehead atoms. The van der Waals surface area contributed by atoms with Crippen LogP contribution >= 0.6 is 27.3 Å². The number of hydrogen-bond donors (Lipinski definition) is 0. The van der Waals surface area contributed by atoms with Crippen LogP contribution in [0.2, 0.25) is 0 Å². The molecule has 0 atom stereocenters. The van der Waals surface area contributed by atoms with E-state index in [0.717, 1.165) is 22.4 Å². The maximum atomic E-state index is 5.47. The van der Waals surface area contributed by atoms with Crippen LogP contribution in [-0.2, 0) is 6.42 Å². The molecule has 2 heterocycles. The second-order valence-electron chi connectivity index (χ2n) is 5.58. The minimum absolute atomic E-state index is 0.316. The van der Waals surface area contributed by atoms with Gasteiger partial charge >= 0.3 is 0 Å². The molecule has 0 saturated heterocycles. The van der Waals surface area contributed by atoms with Gasteiger partial charge in [-0.1, -0.05) is 22.0 Å². The summed E-state index contributed by atoms with van der Waals surface area (Å²) in [5, 5.41) is 0. The zero-order chi connectivity index (χ0) is 15.8. The Bertz CT molecular complexity index is 870. The number of aryl methyl sites for hydroxylation is 1. The van der Waals surface area contributed by atoms with Crippen molar-refractivity contribution in [2.45, 2.75) is 13.3 Å². The van der Waals surface area contributed by atoms with E-state index in [-0.39, 0.29) is 0 Å².